The van der Waals surface area contributed by atoms with Crippen LogP contribution in [0.1, 0.15) is 56.0 Å². The number of amides is 1. The van der Waals surface area contributed by atoms with Crippen molar-refractivity contribution >= 4 is 5.91 Å². The van der Waals surface area contributed by atoms with Crippen molar-refractivity contribution in [1.82, 2.24) is 14.9 Å². The predicted octanol–water partition coefficient (Wildman–Crippen LogP) is 4.49. The largest absolute Gasteiger partial charge is 0.329 e. The molecule has 0 aliphatic carbocycles. The molecule has 2 atom stereocenters. The second-order valence-corrected chi connectivity index (χ2v) is 7.35. The summed E-state index contributed by atoms with van der Waals surface area (Å²) in [6.07, 6.45) is 6.69. The molecule has 4 nitrogen and oxygen atoms in total. The van der Waals surface area contributed by atoms with E-state index in [1.165, 1.54) is 0 Å². The zero-order chi connectivity index (χ0) is 18.0. The molecule has 2 unspecified atom stereocenters. The summed E-state index contributed by atoms with van der Waals surface area (Å²) in [5, 5.41) is 0. The second kappa shape index (κ2) is 7.34. The normalized spacial score (nSPS) is 19.3. The van der Waals surface area contributed by atoms with Gasteiger partial charge in [-0.05, 0) is 44.2 Å². The Morgan fingerprint density at radius 2 is 1.92 bits per heavy atom. The van der Waals surface area contributed by atoms with Gasteiger partial charge in [0.05, 0.1) is 17.6 Å². The van der Waals surface area contributed by atoms with E-state index in [-0.39, 0.29) is 5.91 Å². The number of benzene rings is 1. The van der Waals surface area contributed by atoms with E-state index >= 15 is 0 Å². The number of aromatic nitrogens is 2. The Labute approximate surface area is 150 Å². The zero-order valence-corrected chi connectivity index (χ0v) is 15.6. The Bertz CT molecular complexity index is 742. The van der Waals surface area contributed by atoms with Crippen LogP contribution in [-0.2, 0) is 0 Å². The van der Waals surface area contributed by atoms with E-state index in [0.717, 1.165) is 36.0 Å². The Morgan fingerprint density at radius 3 is 2.56 bits per heavy atom. The van der Waals surface area contributed by atoms with Crippen LogP contribution in [0.3, 0.4) is 0 Å². The summed E-state index contributed by atoms with van der Waals surface area (Å²) in [7, 11) is 0. The molecular weight excluding hydrogens is 310 g/mol. The van der Waals surface area contributed by atoms with E-state index in [4.69, 9.17) is 0 Å². The summed E-state index contributed by atoms with van der Waals surface area (Å²) in [6, 6.07) is 8.49. The standard InChI is InChI=1S/C21H27N3O/c1-5-18-19(10-7-14(2)3)24(18)21(25)17-13-15(4)8-9-16(17)20-22-11-6-12-23-20/h6,8-9,11-14,18-19H,5,7,10H2,1-4H3. The van der Waals surface area contributed by atoms with Crippen molar-refractivity contribution in [2.24, 2.45) is 5.92 Å². The minimum absolute atomic E-state index is 0.117. The minimum atomic E-state index is 0.117. The van der Waals surface area contributed by atoms with Crippen LogP contribution in [0.5, 0.6) is 0 Å². The van der Waals surface area contributed by atoms with Crippen molar-refractivity contribution in [3.05, 3.63) is 47.8 Å². The highest BCUT2D eigenvalue weighted by molar-refractivity contribution is 6.02. The first-order valence-corrected chi connectivity index (χ1v) is 9.23. The van der Waals surface area contributed by atoms with Crippen LogP contribution < -0.4 is 0 Å². The number of hydrogen-bond donors (Lipinski definition) is 0. The third-order valence-corrected chi connectivity index (χ3v) is 4.97. The fraction of sp³-hybridized carbons (Fsp3) is 0.476. The molecule has 1 aliphatic heterocycles. The van der Waals surface area contributed by atoms with Gasteiger partial charge in [0.25, 0.3) is 5.91 Å². The van der Waals surface area contributed by atoms with Gasteiger partial charge in [0, 0.05) is 18.0 Å². The number of hydrogen-bond acceptors (Lipinski definition) is 3. The minimum Gasteiger partial charge on any atom is -0.329 e. The van der Waals surface area contributed by atoms with Gasteiger partial charge < -0.3 is 4.90 Å². The molecule has 1 aromatic heterocycles. The lowest BCUT2D eigenvalue weighted by Gasteiger charge is -2.11. The Balaban J connectivity index is 1.88. The van der Waals surface area contributed by atoms with Gasteiger partial charge in [-0.15, -0.1) is 0 Å². The molecule has 1 aromatic carbocycles. The molecule has 0 radical (unpaired) electrons. The van der Waals surface area contributed by atoms with Crippen LogP contribution in [0.2, 0.25) is 0 Å². The Morgan fingerprint density at radius 1 is 1.20 bits per heavy atom. The van der Waals surface area contributed by atoms with Crippen molar-refractivity contribution < 1.29 is 4.79 Å². The van der Waals surface area contributed by atoms with Gasteiger partial charge in [-0.3, -0.25) is 4.79 Å². The molecule has 2 heterocycles. The third kappa shape index (κ3) is 3.73. The molecule has 1 saturated heterocycles. The fourth-order valence-corrected chi connectivity index (χ4v) is 3.55. The maximum Gasteiger partial charge on any atom is 0.255 e. The van der Waals surface area contributed by atoms with E-state index in [9.17, 15) is 4.79 Å². The molecule has 0 N–H and O–H groups in total. The number of carbonyl (C=O) groups is 1. The highest BCUT2D eigenvalue weighted by Crippen LogP contribution is 2.38. The number of aryl methyl sites for hydroxylation is 1. The molecule has 1 aliphatic rings. The monoisotopic (exact) mass is 337 g/mol. The Hall–Kier alpha value is -2.23. The fourth-order valence-electron chi connectivity index (χ4n) is 3.55. The lowest BCUT2D eigenvalue weighted by Crippen LogP contribution is -2.17. The molecule has 4 heteroatoms. The van der Waals surface area contributed by atoms with Gasteiger partial charge in [0.2, 0.25) is 0 Å². The molecule has 25 heavy (non-hydrogen) atoms. The molecule has 2 aromatic rings. The van der Waals surface area contributed by atoms with E-state index in [0.29, 0.717) is 23.8 Å². The quantitative estimate of drug-likeness (QED) is 0.730. The Kier molecular flexibility index (Phi) is 5.16. The molecule has 1 fully saturated rings. The first-order valence-electron chi connectivity index (χ1n) is 9.23. The van der Waals surface area contributed by atoms with Crippen LogP contribution in [0, 0.1) is 12.8 Å². The van der Waals surface area contributed by atoms with E-state index in [2.05, 4.69) is 35.6 Å². The molecule has 0 bridgehead atoms. The van der Waals surface area contributed by atoms with Gasteiger partial charge in [-0.2, -0.15) is 0 Å². The maximum atomic E-state index is 13.2. The van der Waals surface area contributed by atoms with Crippen LogP contribution in [0.4, 0.5) is 0 Å². The summed E-state index contributed by atoms with van der Waals surface area (Å²) >= 11 is 0. The van der Waals surface area contributed by atoms with Crippen LogP contribution in [0.25, 0.3) is 11.4 Å². The highest BCUT2D eigenvalue weighted by Gasteiger charge is 2.49. The van der Waals surface area contributed by atoms with Crippen molar-refractivity contribution in [2.45, 2.75) is 59.0 Å². The lowest BCUT2D eigenvalue weighted by molar-refractivity contribution is 0.0862. The van der Waals surface area contributed by atoms with E-state index < -0.39 is 0 Å². The molecule has 1 amide bonds. The zero-order valence-electron chi connectivity index (χ0n) is 15.6. The first-order chi connectivity index (χ1) is 12.0. The first kappa shape index (κ1) is 17.6. The molecule has 0 spiro atoms. The van der Waals surface area contributed by atoms with Crippen molar-refractivity contribution in [2.75, 3.05) is 0 Å². The van der Waals surface area contributed by atoms with Gasteiger partial charge >= 0.3 is 0 Å². The lowest BCUT2D eigenvalue weighted by atomic mass is 10.0. The van der Waals surface area contributed by atoms with E-state index in [1.807, 2.05) is 25.1 Å². The summed E-state index contributed by atoms with van der Waals surface area (Å²) in [4.78, 5) is 24.0. The topological polar surface area (TPSA) is 45.9 Å². The number of carbonyl (C=O) groups excluding carboxylic acids is 1. The molecular formula is C21H27N3O. The van der Waals surface area contributed by atoms with Crippen LogP contribution >= 0.6 is 0 Å². The van der Waals surface area contributed by atoms with Crippen molar-refractivity contribution in [3.63, 3.8) is 0 Å². The summed E-state index contributed by atoms with van der Waals surface area (Å²) in [6.45, 7) is 8.65. The van der Waals surface area contributed by atoms with Gasteiger partial charge in [-0.1, -0.05) is 38.5 Å². The average Bonchev–Trinajstić information content (AvgIpc) is 3.33. The number of nitrogens with zero attached hydrogens (tertiary/aromatic N) is 3. The van der Waals surface area contributed by atoms with Crippen LogP contribution in [0.15, 0.2) is 36.7 Å². The summed E-state index contributed by atoms with van der Waals surface area (Å²) in [5.41, 5.74) is 2.62. The molecule has 0 saturated carbocycles. The van der Waals surface area contributed by atoms with Crippen molar-refractivity contribution in [1.29, 1.82) is 0 Å². The summed E-state index contributed by atoms with van der Waals surface area (Å²) < 4.78 is 0. The van der Waals surface area contributed by atoms with Gasteiger partial charge in [0.1, 0.15) is 0 Å². The molecule has 132 valence electrons. The van der Waals surface area contributed by atoms with Gasteiger partial charge in [0.15, 0.2) is 5.82 Å². The average molecular weight is 337 g/mol. The summed E-state index contributed by atoms with van der Waals surface area (Å²) in [5.74, 6) is 1.40. The predicted molar refractivity (Wildman–Crippen MR) is 100 cm³/mol. The SMILES string of the molecule is CCC1C(CCC(C)C)N1C(=O)c1cc(C)ccc1-c1ncccn1. The van der Waals surface area contributed by atoms with Crippen molar-refractivity contribution in [3.8, 4) is 11.4 Å². The smallest absolute Gasteiger partial charge is 0.255 e. The van der Waals surface area contributed by atoms with Gasteiger partial charge in [-0.25, -0.2) is 9.97 Å². The van der Waals surface area contributed by atoms with Crippen LogP contribution in [-0.4, -0.2) is 32.9 Å². The molecule has 3 rings (SSSR count). The second-order valence-electron chi connectivity index (χ2n) is 7.35. The maximum absolute atomic E-state index is 13.2. The highest BCUT2D eigenvalue weighted by atomic mass is 16.2. The number of rotatable bonds is 6. The van der Waals surface area contributed by atoms with E-state index in [1.54, 1.807) is 18.5 Å². The third-order valence-electron chi connectivity index (χ3n) is 4.97.